The standard InChI is InChI=1S/C30H30ClNO4/c1-29(2)13-21-26(23(33)15-29)25(27-22(32-21)14-30(3,4)16-24(27)34)17-7-11-20(12-8-17)36-28(35)18-5-9-19(31)10-6-18/h5-12,25,32H,13-16H2,1-4H3. The molecule has 3 aliphatic rings. The van der Waals surface area contributed by atoms with Crippen LogP contribution in [0.1, 0.15) is 75.2 Å². The first-order valence-electron chi connectivity index (χ1n) is 12.3. The molecule has 6 heteroatoms. The van der Waals surface area contributed by atoms with Crippen molar-refractivity contribution in [1.29, 1.82) is 0 Å². The predicted octanol–water partition coefficient (Wildman–Crippen LogP) is 6.53. The maximum atomic E-state index is 13.4. The molecule has 5 rings (SSSR count). The number of hydrogen-bond donors (Lipinski definition) is 1. The highest BCUT2D eigenvalue weighted by Crippen LogP contribution is 2.51. The number of rotatable bonds is 3. The van der Waals surface area contributed by atoms with Crippen LogP contribution in [0.25, 0.3) is 0 Å². The van der Waals surface area contributed by atoms with E-state index in [2.05, 4.69) is 33.0 Å². The monoisotopic (exact) mass is 503 g/mol. The molecule has 2 aliphatic carbocycles. The number of hydrogen-bond acceptors (Lipinski definition) is 5. The van der Waals surface area contributed by atoms with Crippen molar-refractivity contribution in [2.45, 2.75) is 59.3 Å². The van der Waals surface area contributed by atoms with Gasteiger partial charge in [0.05, 0.1) is 5.56 Å². The fraction of sp³-hybridized carbons (Fsp3) is 0.367. The number of ether oxygens (including phenoxy) is 1. The van der Waals surface area contributed by atoms with E-state index in [1.807, 2.05) is 12.1 Å². The van der Waals surface area contributed by atoms with Crippen LogP contribution in [0.3, 0.4) is 0 Å². The molecule has 186 valence electrons. The lowest BCUT2D eigenvalue weighted by Crippen LogP contribution is -2.42. The Kier molecular flexibility index (Phi) is 5.95. The van der Waals surface area contributed by atoms with Crippen LogP contribution < -0.4 is 10.1 Å². The summed E-state index contributed by atoms with van der Waals surface area (Å²) in [6, 6.07) is 13.7. The number of carbonyl (C=O) groups is 3. The SMILES string of the molecule is CC1(C)CC(=O)C2=C(C1)NC1=C(C(=O)CC(C)(C)C1)C2c1ccc(OC(=O)c2ccc(Cl)cc2)cc1. The summed E-state index contributed by atoms with van der Waals surface area (Å²) in [7, 11) is 0. The summed E-state index contributed by atoms with van der Waals surface area (Å²) in [4.78, 5) is 39.4. The first kappa shape index (κ1) is 24.5. The zero-order valence-electron chi connectivity index (χ0n) is 21.0. The number of carbonyl (C=O) groups excluding carboxylic acids is 3. The van der Waals surface area contributed by atoms with Gasteiger partial charge in [0.2, 0.25) is 0 Å². The normalized spacial score (nSPS) is 21.0. The van der Waals surface area contributed by atoms with Crippen molar-refractivity contribution in [3.05, 3.63) is 87.2 Å². The van der Waals surface area contributed by atoms with Crippen LogP contribution in [0, 0.1) is 10.8 Å². The molecule has 0 saturated carbocycles. The molecular weight excluding hydrogens is 474 g/mol. The third-order valence-corrected chi connectivity index (χ3v) is 7.47. The topological polar surface area (TPSA) is 72.5 Å². The molecule has 0 fully saturated rings. The van der Waals surface area contributed by atoms with Gasteiger partial charge in [-0.1, -0.05) is 51.4 Å². The van der Waals surface area contributed by atoms with E-state index in [1.54, 1.807) is 36.4 Å². The van der Waals surface area contributed by atoms with Crippen molar-refractivity contribution in [1.82, 2.24) is 5.32 Å². The van der Waals surface area contributed by atoms with Crippen LogP contribution in [0.5, 0.6) is 5.75 Å². The zero-order valence-corrected chi connectivity index (χ0v) is 21.8. The third-order valence-electron chi connectivity index (χ3n) is 7.22. The number of halogens is 1. The van der Waals surface area contributed by atoms with Gasteiger partial charge < -0.3 is 10.1 Å². The minimum Gasteiger partial charge on any atom is -0.423 e. The second-order valence-electron chi connectivity index (χ2n) is 11.7. The number of allylic oxidation sites excluding steroid dienone is 4. The molecule has 2 aromatic carbocycles. The summed E-state index contributed by atoms with van der Waals surface area (Å²) in [6.07, 6.45) is 2.41. The van der Waals surface area contributed by atoms with E-state index in [-0.39, 0.29) is 22.4 Å². The van der Waals surface area contributed by atoms with Gasteiger partial charge in [-0.2, -0.15) is 0 Å². The highest BCUT2D eigenvalue weighted by Gasteiger charge is 2.46. The summed E-state index contributed by atoms with van der Waals surface area (Å²) in [6.45, 7) is 8.42. The molecule has 0 amide bonds. The van der Waals surface area contributed by atoms with Gasteiger partial charge in [0, 0.05) is 46.3 Å². The Hall–Kier alpha value is -3.18. The average Bonchev–Trinajstić information content (AvgIpc) is 2.77. The highest BCUT2D eigenvalue weighted by molar-refractivity contribution is 6.30. The molecule has 0 bridgehead atoms. The Morgan fingerprint density at radius 2 is 1.31 bits per heavy atom. The van der Waals surface area contributed by atoms with Gasteiger partial charge in [-0.3, -0.25) is 9.59 Å². The molecule has 0 saturated heterocycles. The molecule has 1 N–H and O–H groups in total. The van der Waals surface area contributed by atoms with E-state index >= 15 is 0 Å². The summed E-state index contributed by atoms with van der Waals surface area (Å²) in [5.41, 5.74) is 4.24. The van der Waals surface area contributed by atoms with Gasteiger partial charge in [0.1, 0.15) is 5.75 Å². The Bertz CT molecular complexity index is 1280. The Morgan fingerprint density at radius 3 is 1.81 bits per heavy atom. The maximum absolute atomic E-state index is 13.4. The third kappa shape index (κ3) is 4.64. The summed E-state index contributed by atoms with van der Waals surface area (Å²) >= 11 is 5.90. The van der Waals surface area contributed by atoms with E-state index in [4.69, 9.17) is 16.3 Å². The van der Waals surface area contributed by atoms with Crippen LogP contribution in [0.15, 0.2) is 71.1 Å². The van der Waals surface area contributed by atoms with Gasteiger partial charge in [-0.15, -0.1) is 0 Å². The lowest BCUT2D eigenvalue weighted by molar-refractivity contribution is -0.119. The van der Waals surface area contributed by atoms with Crippen LogP contribution in [0.4, 0.5) is 0 Å². The second-order valence-corrected chi connectivity index (χ2v) is 12.1. The number of ketones is 2. The summed E-state index contributed by atoms with van der Waals surface area (Å²) in [5.74, 6) is -0.333. The molecule has 1 heterocycles. The molecular formula is C30H30ClNO4. The number of benzene rings is 2. The predicted molar refractivity (Wildman–Crippen MR) is 139 cm³/mol. The Balaban J connectivity index is 1.50. The van der Waals surface area contributed by atoms with Crippen molar-refractivity contribution in [2.75, 3.05) is 0 Å². The Labute approximate surface area is 216 Å². The van der Waals surface area contributed by atoms with Crippen molar-refractivity contribution < 1.29 is 19.1 Å². The number of nitrogens with one attached hydrogen (secondary N) is 1. The first-order valence-corrected chi connectivity index (χ1v) is 12.7. The molecule has 5 nitrogen and oxygen atoms in total. The first-order chi connectivity index (χ1) is 16.9. The van der Waals surface area contributed by atoms with Crippen LogP contribution >= 0.6 is 11.6 Å². The maximum Gasteiger partial charge on any atom is 0.343 e. The van der Waals surface area contributed by atoms with E-state index in [0.717, 1.165) is 29.8 Å². The summed E-state index contributed by atoms with van der Waals surface area (Å²) < 4.78 is 5.54. The number of esters is 1. The van der Waals surface area contributed by atoms with E-state index in [1.165, 1.54) is 0 Å². The second kappa shape index (κ2) is 8.74. The zero-order chi connectivity index (χ0) is 25.8. The van der Waals surface area contributed by atoms with Crippen molar-refractivity contribution in [2.24, 2.45) is 10.8 Å². The van der Waals surface area contributed by atoms with Gasteiger partial charge in [-0.05, 0) is 65.6 Å². The average molecular weight is 504 g/mol. The lowest BCUT2D eigenvalue weighted by atomic mass is 9.64. The number of Topliss-reactive ketones (excluding diaryl/α,β-unsaturated/α-hetero) is 2. The van der Waals surface area contributed by atoms with E-state index < -0.39 is 11.9 Å². The smallest absolute Gasteiger partial charge is 0.343 e. The fourth-order valence-electron chi connectivity index (χ4n) is 5.70. The van der Waals surface area contributed by atoms with E-state index in [0.29, 0.717) is 40.3 Å². The van der Waals surface area contributed by atoms with E-state index in [9.17, 15) is 14.4 Å². The molecule has 0 unspecified atom stereocenters. The van der Waals surface area contributed by atoms with Crippen molar-refractivity contribution in [3.8, 4) is 5.75 Å². The van der Waals surface area contributed by atoms with Gasteiger partial charge in [0.25, 0.3) is 0 Å². The van der Waals surface area contributed by atoms with Gasteiger partial charge >= 0.3 is 5.97 Å². The molecule has 0 atom stereocenters. The fourth-order valence-corrected chi connectivity index (χ4v) is 5.83. The minimum absolute atomic E-state index is 0.0844. The molecule has 0 spiro atoms. The Morgan fingerprint density at radius 1 is 0.806 bits per heavy atom. The van der Waals surface area contributed by atoms with Gasteiger partial charge in [0.15, 0.2) is 11.6 Å². The van der Waals surface area contributed by atoms with Gasteiger partial charge in [-0.25, -0.2) is 4.79 Å². The molecule has 1 aliphatic heterocycles. The van der Waals surface area contributed by atoms with Crippen LogP contribution in [0.2, 0.25) is 5.02 Å². The molecule has 0 radical (unpaired) electrons. The van der Waals surface area contributed by atoms with Crippen LogP contribution in [-0.2, 0) is 9.59 Å². The minimum atomic E-state index is -0.481. The quantitative estimate of drug-likeness (QED) is 0.380. The lowest BCUT2D eigenvalue weighted by Gasteiger charge is -2.44. The molecule has 36 heavy (non-hydrogen) atoms. The highest BCUT2D eigenvalue weighted by atomic mass is 35.5. The molecule has 0 aromatic heterocycles. The largest absolute Gasteiger partial charge is 0.423 e. The molecule has 2 aromatic rings. The van der Waals surface area contributed by atoms with Crippen molar-refractivity contribution in [3.63, 3.8) is 0 Å². The number of dihydropyridines is 1. The van der Waals surface area contributed by atoms with Crippen LogP contribution in [-0.4, -0.2) is 17.5 Å². The summed E-state index contributed by atoms with van der Waals surface area (Å²) in [5, 5.41) is 4.07. The van der Waals surface area contributed by atoms with Crippen molar-refractivity contribution >= 4 is 29.1 Å².